The van der Waals surface area contributed by atoms with Crippen LogP contribution in [-0.2, 0) is 45.3 Å². The molecule has 0 radical (unpaired) electrons. The molecule has 0 aliphatic heterocycles. The van der Waals surface area contributed by atoms with Gasteiger partial charge >= 0.3 is 0 Å². The van der Waals surface area contributed by atoms with Crippen LogP contribution < -0.4 is 5.32 Å². The maximum atomic E-state index is 12.4. The number of amides is 1. The quantitative estimate of drug-likeness (QED) is 0.0614. The van der Waals surface area contributed by atoms with Crippen LogP contribution in [0.1, 0.15) is 6.92 Å². The third-order valence-electron chi connectivity index (χ3n) is 6.91. The molecule has 0 aliphatic rings. The molecule has 5 aromatic carbocycles. The Labute approximate surface area is 288 Å². The fourth-order valence-electron chi connectivity index (χ4n) is 4.71. The molecule has 1 amide bonds. The van der Waals surface area contributed by atoms with Crippen molar-refractivity contribution >= 4 is 96.4 Å². The number of phenols is 1. The number of azo groups is 2. The molecule has 0 heterocycles. The number of aromatic hydroxyl groups is 1. The van der Waals surface area contributed by atoms with E-state index in [-0.39, 0.29) is 33.2 Å². The van der Waals surface area contributed by atoms with Crippen LogP contribution in [-0.4, -0.2) is 62.9 Å². The van der Waals surface area contributed by atoms with Crippen molar-refractivity contribution in [3.8, 4) is 5.75 Å². The van der Waals surface area contributed by atoms with Gasteiger partial charge in [0, 0.05) is 23.1 Å². The van der Waals surface area contributed by atoms with Crippen molar-refractivity contribution in [1.29, 1.82) is 0 Å². The number of hydrogen-bond donors (Lipinski definition) is 6. The van der Waals surface area contributed by atoms with Crippen molar-refractivity contribution in [1.82, 2.24) is 0 Å². The third-order valence-corrected chi connectivity index (χ3v) is 10.3. The molecule has 0 unspecified atom stereocenters. The Bertz CT molecular complexity index is 2810. The summed E-state index contributed by atoms with van der Waals surface area (Å²) in [4.78, 5) is 8.75. The Balaban J connectivity index is 1.75. The smallest absolute Gasteiger partial charge is 0.295 e. The van der Waals surface area contributed by atoms with Gasteiger partial charge in [-0.15, -0.1) is 15.3 Å². The Morgan fingerprint density at radius 1 is 0.588 bits per heavy atom. The highest BCUT2D eigenvalue weighted by Crippen LogP contribution is 2.46. The minimum absolute atomic E-state index is 0.0579. The number of phenolic OH excluding ortho intramolecular Hbond substituents is 1. The Hall–Kier alpha value is -5.27. The van der Waals surface area contributed by atoms with E-state index in [1.807, 2.05) is 0 Å². The number of carbonyl (C=O) groups excluding carboxylic acids is 1. The van der Waals surface area contributed by atoms with E-state index < -0.39 is 88.5 Å². The molecule has 5 rings (SSSR count). The Kier molecular flexibility index (Phi) is 9.52. The predicted octanol–water partition coefficient (Wildman–Crippen LogP) is 5.47. The van der Waals surface area contributed by atoms with Gasteiger partial charge in [-0.05, 0) is 72.1 Å². The second-order valence-electron chi connectivity index (χ2n) is 10.4. The average Bonchev–Trinajstić information content (AvgIpc) is 3.01. The van der Waals surface area contributed by atoms with E-state index in [9.17, 15) is 61.8 Å². The number of nitrogens with zero attached hydrogens (tertiary/aromatic N) is 4. The largest absolute Gasteiger partial charge is 0.504 e. The highest BCUT2D eigenvalue weighted by molar-refractivity contribution is 7.87. The molecule has 0 aliphatic carbocycles. The molecule has 0 bridgehead atoms. The molecular weight excluding hydrogens is 759 g/mol. The highest BCUT2D eigenvalue weighted by atomic mass is 32.2. The first-order valence-corrected chi connectivity index (χ1v) is 19.3. The Morgan fingerprint density at radius 2 is 1.14 bits per heavy atom. The first kappa shape index (κ1) is 37.0. The minimum atomic E-state index is -5.31. The molecule has 0 saturated carbocycles. The molecule has 0 fully saturated rings. The van der Waals surface area contributed by atoms with Crippen LogP contribution in [0.5, 0.6) is 5.75 Å². The fraction of sp³-hybridized carbons (Fsp3) is 0.0357. The molecule has 23 heteroatoms. The SMILES string of the molecule is CC(=O)Nc1cc2cc(S(=O)(=O)O)cc(S(=O)(=O)O)c2c(N=Nc2ccc(N=Nc3ccc(S(=O)(=O)O)cc3)c3ccc(S(=O)(=O)O)cc23)c1O. The predicted molar refractivity (Wildman–Crippen MR) is 178 cm³/mol. The van der Waals surface area contributed by atoms with E-state index in [4.69, 9.17) is 0 Å². The summed E-state index contributed by atoms with van der Waals surface area (Å²) in [6, 6.07) is 12.5. The number of nitrogens with one attached hydrogen (secondary N) is 1. The lowest BCUT2D eigenvalue weighted by Gasteiger charge is -2.14. The summed E-state index contributed by atoms with van der Waals surface area (Å²) >= 11 is 0. The molecule has 51 heavy (non-hydrogen) atoms. The average molecular weight is 780 g/mol. The standard InChI is InChI=1S/C28H21N5O14S4/c1-14(34)29-24-11-15-10-19(50(42,43)44)13-25(51(45,46)47)26(15)27(28(24)35)33-32-23-9-8-22(20-7-6-18(12-21(20)23)49(39,40)41)31-30-16-2-4-17(5-3-16)48(36,37)38/h2-13,35H,1H3,(H,29,34)(H,36,37,38)(H,39,40,41)(H,42,43,44)(H,45,46,47). The zero-order chi connectivity index (χ0) is 37.7. The maximum absolute atomic E-state index is 12.4. The monoisotopic (exact) mass is 779 g/mol. The summed E-state index contributed by atoms with van der Waals surface area (Å²) in [6.07, 6.45) is 0. The number of carbonyl (C=O) groups is 1. The first-order valence-electron chi connectivity index (χ1n) is 13.6. The zero-order valence-corrected chi connectivity index (χ0v) is 28.5. The van der Waals surface area contributed by atoms with Crippen LogP contribution in [0.25, 0.3) is 21.5 Å². The van der Waals surface area contributed by atoms with Crippen molar-refractivity contribution in [2.45, 2.75) is 26.5 Å². The molecule has 5 aromatic rings. The maximum Gasteiger partial charge on any atom is 0.295 e. The fourth-order valence-corrected chi connectivity index (χ4v) is 7.07. The lowest BCUT2D eigenvalue weighted by Crippen LogP contribution is -2.07. The van der Waals surface area contributed by atoms with Gasteiger partial charge in [0.15, 0.2) is 5.75 Å². The van der Waals surface area contributed by atoms with E-state index in [2.05, 4.69) is 25.8 Å². The first-order chi connectivity index (χ1) is 23.5. The van der Waals surface area contributed by atoms with Crippen molar-refractivity contribution in [3.05, 3.63) is 72.8 Å². The van der Waals surface area contributed by atoms with Crippen LogP contribution >= 0.6 is 0 Å². The van der Waals surface area contributed by atoms with Gasteiger partial charge in [0.2, 0.25) is 5.91 Å². The van der Waals surface area contributed by atoms with E-state index in [1.165, 1.54) is 30.3 Å². The second kappa shape index (κ2) is 13.1. The molecule has 0 aromatic heterocycles. The van der Waals surface area contributed by atoms with Gasteiger partial charge in [-0.3, -0.25) is 23.0 Å². The molecule has 19 nitrogen and oxygen atoms in total. The van der Waals surface area contributed by atoms with E-state index in [0.717, 1.165) is 43.3 Å². The van der Waals surface area contributed by atoms with Gasteiger partial charge in [-0.25, -0.2) is 0 Å². The van der Waals surface area contributed by atoms with Crippen LogP contribution in [0.15, 0.2) is 113 Å². The van der Waals surface area contributed by atoms with Crippen molar-refractivity contribution in [3.63, 3.8) is 0 Å². The number of rotatable bonds is 9. The van der Waals surface area contributed by atoms with E-state index >= 15 is 0 Å². The normalized spacial score (nSPS) is 13.0. The topological polar surface area (TPSA) is 316 Å². The van der Waals surface area contributed by atoms with Gasteiger partial charge in [0.1, 0.15) is 10.6 Å². The summed E-state index contributed by atoms with van der Waals surface area (Å²) in [6.45, 7) is 1.05. The molecule has 0 spiro atoms. The van der Waals surface area contributed by atoms with E-state index in [0.29, 0.717) is 6.07 Å². The van der Waals surface area contributed by atoms with Crippen LogP contribution in [0.2, 0.25) is 0 Å². The zero-order valence-electron chi connectivity index (χ0n) is 25.3. The summed E-state index contributed by atoms with van der Waals surface area (Å²) in [5.41, 5.74) is -1.12. The van der Waals surface area contributed by atoms with Gasteiger partial charge in [-0.1, -0.05) is 6.07 Å². The van der Waals surface area contributed by atoms with Gasteiger partial charge in [0.05, 0.1) is 37.4 Å². The third kappa shape index (κ3) is 8.05. The number of anilines is 1. The van der Waals surface area contributed by atoms with Gasteiger partial charge in [-0.2, -0.15) is 38.8 Å². The number of fused-ring (bicyclic) bond motifs is 2. The summed E-state index contributed by atoms with van der Waals surface area (Å²) in [5.74, 6) is -1.64. The molecule has 0 saturated heterocycles. The molecule has 6 N–H and O–H groups in total. The van der Waals surface area contributed by atoms with Gasteiger partial charge < -0.3 is 10.4 Å². The second-order valence-corrected chi connectivity index (χ2v) is 16.1. The highest BCUT2D eigenvalue weighted by Gasteiger charge is 2.26. The summed E-state index contributed by atoms with van der Waals surface area (Å²) in [5, 5.41) is 28.5. The van der Waals surface area contributed by atoms with Crippen molar-refractivity contribution < 1.29 is 61.8 Å². The van der Waals surface area contributed by atoms with E-state index in [1.54, 1.807) is 0 Å². The lowest BCUT2D eigenvalue weighted by atomic mass is 10.1. The number of hydrogen-bond acceptors (Lipinski definition) is 14. The summed E-state index contributed by atoms with van der Waals surface area (Å²) < 4.78 is 134. The molecule has 266 valence electrons. The minimum Gasteiger partial charge on any atom is -0.504 e. The Morgan fingerprint density at radius 3 is 1.69 bits per heavy atom. The van der Waals surface area contributed by atoms with Crippen LogP contribution in [0.3, 0.4) is 0 Å². The number of benzene rings is 5. The summed E-state index contributed by atoms with van der Waals surface area (Å²) in [7, 11) is -19.6. The van der Waals surface area contributed by atoms with Gasteiger partial charge in [0.25, 0.3) is 40.5 Å². The lowest BCUT2D eigenvalue weighted by molar-refractivity contribution is -0.114. The van der Waals surface area contributed by atoms with Crippen LogP contribution in [0.4, 0.5) is 28.4 Å². The molecular formula is C28H21N5O14S4. The molecule has 0 atom stereocenters. The van der Waals surface area contributed by atoms with Crippen molar-refractivity contribution in [2.24, 2.45) is 20.5 Å². The van der Waals surface area contributed by atoms with Crippen LogP contribution in [0, 0.1) is 0 Å². The van der Waals surface area contributed by atoms with Crippen molar-refractivity contribution in [2.75, 3.05) is 5.32 Å².